The molecule has 29 heavy (non-hydrogen) atoms. The lowest BCUT2D eigenvalue weighted by Crippen LogP contribution is -2.04. The zero-order valence-electron chi connectivity index (χ0n) is 16.9. The highest BCUT2D eigenvalue weighted by Crippen LogP contribution is 2.37. The van der Waals surface area contributed by atoms with Crippen molar-refractivity contribution in [3.63, 3.8) is 0 Å². The third kappa shape index (κ3) is 5.91. The van der Waals surface area contributed by atoms with Gasteiger partial charge in [0.1, 0.15) is 6.61 Å². The van der Waals surface area contributed by atoms with Gasteiger partial charge in [0.25, 0.3) is 0 Å². The fourth-order valence-electron chi connectivity index (χ4n) is 2.99. The molecular weight excluding hydrogens is 450 g/mol. The second-order valence-electron chi connectivity index (χ2n) is 6.92. The van der Waals surface area contributed by atoms with E-state index >= 15 is 0 Å². The van der Waals surface area contributed by atoms with Gasteiger partial charge in [-0.15, -0.1) is 0 Å². The maximum absolute atomic E-state index is 6.56. The van der Waals surface area contributed by atoms with Crippen molar-refractivity contribution in [3.05, 3.63) is 86.3 Å². The van der Waals surface area contributed by atoms with Crippen molar-refractivity contribution >= 4 is 33.2 Å². The van der Waals surface area contributed by atoms with Crippen molar-refractivity contribution in [2.75, 3.05) is 11.9 Å². The number of anilines is 1. The second-order valence-corrected chi connectivity index (χ2v) is 8.25. The second kappa shape index (κ2) is 10.0. The highest BCUT2D eigenvalue weighted by molar-refractivity contribution is 9.10. The van der Waals surface area contributed by atoms with Gasteiger partial charge in [-0.2, -0.15) is 0 Å². The van der Waals surface area contributed by atoms with Crippen LogP contribution in [0.3, 0.4) is 0 Å². The highest BCUT2D eigenvalue weighted by atomic mass is 79.9. The number of ether oxygens (including phenoxy) is 2. The average Bonchev–Trinajstić information content (AvgIpc) is 2.69. The molecule has 0 aliphatic rings. The van der Waals surface area contributed by atoms with Crippen LogP contribution in [-0.4, -0.2) is 6.61 Å². The van der Waals surface area contributed by atoms with E-state index in [4.69, 9.17) is 21.1 Å². The molecule has 0 spiro atoms. The fourth-order valence-corrected chi connectivity index (χ4v) is 3.54. The van der Waals surface area contributed by atoms with Crippen LogP contribution in [0, 0.1) is 13.8 Å². The minimum absolute atomic E-state index is 0.424. The zero-order valence-corrected chi connectivity index (χ0v) is 19.2. The molecule has 0 bridgehead atoms. The van der Waals surface area contributed by atoms with Gasteiger partial charge in [-0.1, -0.05) is 51.8 Å². The number of nitrogens with one attached hydrogen (secondary N) is 1. The van der Waals surface area contributed by atoms with Gasteiger partial charge < -0.3 is 14.8 Å². The predicted molar refractivity (Wildman–Crippen MR) is 124 cm³/mol. The molecule has 3 rings (SSSR count). The van der Waals surface area contributed by atoms with Crippen LogP contribution in [0.15, 0.2) is 59.1 Å². The molecule has 0 heterocycles. The molecule has 0 aliphatic heterocycles. The normalized spacial score (nSPS) is 10.7. The summed E-state index contributed by atoms with van der Waals surface area (Å²) in [6, 6.07) is 18.3. The Hall–Kier alpha value is -2.17. The Balaban J connectivity index is 1.76. The van der Waals surface area contributed by atoms with Crippen molar-refractivity contribution in [1.82, 2.24) is 0 Å². The Kier molecular flexibility index (Phi) is 7.45. The SMILES string of the molecule is CCOc1cc(CNc2cc(C)ccc2C)cc(Cl)c1OCc1ccc(Br)cc1. The molecule has 152 valence electrons. The first-order chi connectivity index (χ1) is 14.0. The van der Waals surface area contributed by atoms with Crippen molar-refractivity contribution in [2.24, 2.45) is 0 Å². The molecule has 1 N–H and O–H groups in total. The van der Waals surface area contributed by atoms with Crippen molar-refractivity contribution in [1.29, 1.82) is 0 Å². The van der Waals surface area contributed by atoms with E-state index in [0.717, 1.165) is 21.3 Å². The Labute approximate surface area is 186 Å². The summed E-state index contributed by atoms with van der Waals surface area (Å²) in [5, 5.41) is 4.04. The largest absolute Gasteiger partial charge is 0.490 e. The standard InChI is InChI=1S/C24H25BrClNO2/c1-4-28-23-13-19(14-27-22-11-16(2)5-6-17(22)3)12-21(26)24(23)29-15-18-7-9-20(25)10-8-18/h5-13,27H,4,14-15H2,1-3H3. The van der Waals surface area contributed by atoms with E-state index in [0.29, 0.717) is 36.3 Å². The first-order valence-corrected chi connectivity index (χ1v) is 10.8. The monoisotopic (exact) mass is 473 g/mol. The summed E-state index contributed by atoms with van der Waals surface area (Å²) in [5.74, 6) is 1.24. The van der Waals surface area contributed by atoms with Gasteiger partial charge in [-0.3, -0.25) is 0 Å². The fraction of sp³-hybridized carbons (Fsp3) is 0.250. The van der Waals surface area contributed by atoms with Crippen LogP contribution < -0.4 is 14.8 Å². The Morgan fingerprint density at radius 3 is 2.41 bits per heavy atom. The summed E-state index contributed by atoms with van der Waals surface area (Å²) in [5.41, 5.74) is 5.65. The molecule has 0 atom stereocenters. The van der Waals surface area contributed by atoms with Crippen molar-refractivity contribution in [2.45, 2.75) is 33.9 Å². The van der Waals surface area contributed by atoms with Crippen molar-refractivity contribution < 1.29 is 9.47 Å². The molecule has 0 fully saturated rings. The Morgan fingerprint density at radius 1 is 0.931 bits per heavy atom. The lowest BCUT2D eigenvalue weighted by molar-refractivity contribution is 0.269. The van der Waals surface area contributed by atoms with E-state index in [2.05, 4.69) is 53.3 Å². The molecule has 0 radical (unpaired) electrons. The van der Waals surface area contributed by atoms with Crippen LogP contribution in [0.5, 0.6) is 11.5 Å². The van der Waals surface area contributed by atoms with E-state index in [-0.39, 0.29) is 0 Å². The van der Waals surface area contributed by atoms with Crippen LogP contribution >= 0.6 is 27.5 Å². The van der Waals surface area contributed by atoms with Crippen LogP contribution in [0.1, 0.15) is 29.2 Å². The molecule has 0 saturated heterocycles. The number of benzene rings is 3. The predicted octanol–water partition coefficient (Wildman–Crippen LogP) is 7.31. The van der Waals surface area contributed by atoms with Crippen molar-refractivity contribution in [3.8, 4) is 11.5 Å². The molecule has 0 aliphatic carbocycles. The topological polar surface area (TPSA) is 30.5 Å². The zero-order chi connectivity index (χ0) is 20.8. The summed E-state index contributed by atoms with van der Waals surface area (Å²) in [4.78, 5) is 0. The van der Waals surface area contributed by atoms with Gasteiger partial charge in [0.05, 0.1) is 11.6 Å². The number of rotatable bonds is 8. The van der Waals surface area contributed by atoms with Gasteiger partial charge in [-0.25, -0.2) is 0 Å². The first kappa shape index (κ1) is 21.5. The number of hydrogen-bond donors (Lipinski definition) is 1. The maximum Gasteiger partial charge on any atom is 0.180 e. The number of hydrogen-bond acceptors (Lipinski definition) is 3. The van der Waals surface area contributed by atoms with Crippen LogP contribution in [-0.2, 0) is 13.2 Å². The molecule has 3 aromatic rings. The summed E-state index contributed by atoms with van der Waals surface area (Å²) in [6.45, 7) is 7.75. The number of halogens is 2. The summed E-state index contributed by atoms with van der Waals surface area (Å²) >= 11 is 10.0. The van der Waals surface area contributed by atoms with Gasteiger partial charge in [0.15, 0.2) is 11.5 Å². The molecule has 3 aromatic carbocycles. The van der Waals surface area contributed by atoms with Gasteiger partial charge in [0, 0.05) is 16.7 Å². The summed E-state index contributed by atoms with van der Waals surface area (Å²) in [7, 11) is 0. The molecular formula is C24H25BrClNO2. The quantitative estimate of drug-likeness (QED) is 0.371. The molecule has 0 aromatic heterocycles. The molecule has 5 heteroatoms. The minimum Gasteiger partial charge on any atom is -0.490 e. The van der Waals surface area contributed by atoms with E-state index < -0.39 is 0 Å². The first-order valence-electron chi connectivity index (χ1n) is 9.60. The van der Waals surface area contributed by atoms with E-state index in [1.807, 2.05) is 43.3 Å². The average molecular weight is 475 g/mol. The maximum atomic E-state index is 6.56. The van der Waals surface area contributed by atoms with Crippen LogP contribution in [0.2, 0.25) is 5.02 Å². The summed E-state index contributed by atoms with van der Waals surface area (Å²) in [6.07, 6.45) is 0. The van der Waals surface area contributed by atoms with Gasteiger partial charge in [0.2, 0.25) is 0 Å². The third-order valence-electron chi connectivity index (χ3n) is 4.54. The molecule has 0 saturated carbocycles. The Bertz CT molecular complexity index is 973. The van der Waals surface area contributed by atoms with E-state index in [9.17, 15) is 0 Å². The van der Waals surface area contributed by atoms with E-state index in [1.165, 1.54) is 11.1 Å². The lowest BCUT2D eigenvalue weighted by atomic mass is 10.1. The third-order valence-corrected chi connectivity index (χ3v) is 5.35. The van der Waals surface area contributed by atoms with Crippen LogP contribution in [0.4, 0.5) is 5.69 Å². The minimum atomic E-state index is 0.424. The molecule has 3 nitrogen and oxygen atoms in total. The highest BCUT2D eigenvalue weighted by Gasteiger charge is 2.13. The van der Waals surface area contributed by atoms with E-state index in [1.54, 1.807) is 0 Å². The van der Waals surface area contributed by atoms with Gasteiger partial charge in [-0.05, 0) is 73.4 Å². The van der Waals surface area contributed by atoms with Crippen LogP contribution in [0.25, 0.3) is 0 Å². The Morgan fingerprint density at radius 2 is 1.69 bits per heavy atom. The summed E-state index contributed by atoms with van der Waals surface area (Å²) < 4.78 is 12.9. The van der Waals surface area contributed by atoms with Gasteiger partial charge >= 0.3 is 0 Å². The molecule has 0 amide bonds. The smallest absolute Gasteiger partial charge is 0.180 e. The number of aryl methyl sites for hydroxylation is 2. The lowest BCUT2D eigenvalue weighted by Gasteiger charge is -2.16. The molecule has 0 unspecified atom stereocenters.